The first-order valence-corrected chi connectivity index (χ1v) is 8.96. The Morgan fingerprint density at radius 1 is 1.24 bits per heavy atom. The van der Waals surface area contributed by atoms with Crippen LogP contribution >= 0.6 is 11.8 Å². The minimum Gasteiger partial charge on any atom is -0.289 e. The van der Waals surface area contributed by atoms with Gasteiger partial charge in [0.25, 0.3) is 5.56 Å². The van der Waals surface area contributed by atoms with Crippen molar-refractivity contribution in [1.82, 2.24) is 14.5 Å². The molecule has 0 amide bonds. The van der Waals surface area contributed by atoms with Crippen molar-refractivity contribution in [2.24, 2.45) is 0 Å². The summed E-state index contributed by atoms with van der Waals surface area (Å²) in [5, 5.41) is 1.76. The van der Waals surface area contributed by atoms with Crippen molar-refractivity contribution in [1.29, 1.82) is 0 Å². The lowest BCUT2D eigenvalue weighted by atomic mass is 10.1. The summed E-state index contributed by atoms with van der Waals surface area (Å²) in [6.07, 6.45) is 10.8. The maximum absolute atomic E-state index is 12.9. The molecule has 0 unspecified atom stereocenters. The number of hydrogen-bond donors (Lipinski definition) is 0. The Labute approximate surface area is 128 Å². The molecule has 0 radical (unpaired) electrons. The lowest BCUT2D eigenvalue weighted by Gasteiger charge is -2.18. The van der Waals surface area contributed by atoms with Crippen molar-refractivity contribution in [3.8, 4) is 0 Å². The molecule has 4 rings (SSSR count). The number of aromatic nitrogens is 3. The van der Waals surface area contributed by atoms with Crippen LogP contribution in [0.2, 0.25) is 0 Å². The van der Waals surface area contributed by atoms with Crippen molar-refractivity contribution in [3.05, 3.63) is 28.2 Å². The standard InChI is InChI=1S/C16H19N3OS/c1-21-16-17-9-11-8-13(10-6-7-10)15(20)19(14(11)18-16)12-4-2-3-5-12/h8-10,12H,2-7H2,1H3. The molecule has 2 aromatic heterocycles. The molecule has 21 heavy (non-hydrogen) atoms. The first-order chi connectivity index (χ1) is 10.3. The summed E-state index contributed by atoms with van der Waals surface area (Å²) in [7, 11) is 0. The van der Waals surface area contributed by atoms with E-state index in [0.717, 1.165) is 47.4 Å². The monoisotopic (exact) mass is 301 g/mol. The molecule has 110 valence electrons. The molecule has 0 spiro atoms. The topological polar surface area (TPSA) is 47.8 Å². The molecule has 2 heterocycles. The van der Waals surface area contributed by atoms with Gasteiger partial charge in [0.15, 0.2) is 5.16 Å². The lowest BCUT2D eigenvalue weighted by Crippen LogP contribution is -2.27. The van der Waals surface area contributed by atoms with Crippen LogP contribution in [0.4, 0.5) is 0 Å². The predicted octanol–water partition coefficient (Wildman–Crippen LogP) is 3.51. The van der Waals surface area contributed by atoms with Crippen LogP contribution in [-0.4, -0.2) is 20.8 Å². The van der Waals surface area contributed by atoms with Gasteiger partial charge in [-0.1, -0.05) is 24.6 Å². The summed E-state index contributed by atoms with van der Waals surface area (Å²) < 4.78 is 1.98. The maximum atomic E-state index is 12.9. The van der Waals surface area contributed by atoms with Crippen LogP contribution in [0.1, 0.15) is 56.0 Å². The fourth-order valence-electron chi connectivity index (χ4n) is 3.41. The van der Waals surface area contributed by atoms with E-state index in [0.29, 0.717) is 12.0 Å². The second-order valence-electron chi connectivity index (χ2n) is 6.12. The van der Waals surface area contributed by atoms with Gasteiger partial charge in [0.05, 0.1) is 0 Å². The summed E-state index contributed by atoms with van der Waals surface area (Å²) in [5.74, 6) is 0.467. The van der Waals surface area contributed by atoms with Gasteiger partial charge in [-0.05, 0) is 43.9 Å². The van der Waals surface area contributed by atoms with Crippen molar-refractivity contribution in [2.75, 3.05) is 6.26 Å². The van der Waals surface area contributed by atoms with E-state index in [1.165, 1.54) is 24.6 Å². The van der Waals surface area contributed by atoms with Gasteiger partial charge in [-0.25, -0.2) is 9.97 Å². The van der Waals surface area contributed by atoms with Crippen LogP contribution in [0.3, 0.4) is 0 Å². The molecule has 2 aromatic rings. The summed E-state index contributed by atoms with van der Waals surface area (Å²) in [6.45, 7) is 0. The average molecular weight is 301 g/mol. The quantitative estimate of drug-likeness (QED) is 0.643. The largest absolute Gasteiger partial charge is 0.289 e. The molecule has 5 heteroatoms. The average Bonchev–Trinajstić information content (AvgIpc) is 3.21. The molecule has 0 aliphatic heterocycles. The van der Waals surface area contributed by atoms with E-state index < -0.39 is 0 Å². The Bertz CT molecular complexity index is 745. The third-order valence-electron chi connectivity index (χ3n) is 4.67. The first kappa shape index (κ1) is 13.3. The van der Waals surface area contributed by atoms with Crippen LogP contribution in [-0.2, 0) is 0 Å². The van der Waals surface area contributed by atoms with Crippen LogP contribution in [0, 0.1) is 0 Å². The normalized spacial score (nSPS) is 19.5. The zero-order valence-corrected chi connectivity index (χ0v) is 13.0. The van der Waals surface area contributed by atoms with E-state index in [2.05, 4.69) is 9.97 Å². The molecule has 4 nitrogen and oxygen atoms in total. The van der Waals surface area contributed by atoms with Gasteiger partial charge in [0, 0.05) is 23.2 Å². The second-order valence-corrected chi connectivity index (χ2v) is 6.90. The van der Waals surface area contributed by atoms with Crippen LogP contribution in [0.5, 0.6) is 0 Å². The molecule has 0 N–H and O–H groups in total. The summed E-state index contributed by atoms with van der Waals surface area (Å²) >= 11 is 1.53. The minimum atomic E-state index is 0.197. The smallest absolute Gasteiger partial charge is 0.255 e. The fraction of sp³-hybridized carbons (Fsp3) is 0.562. The number of pyridine rings is 1. The molecule has 0 saturated heterocycles. The number of fused-ring (bicyclic) bond motifs is 1. The number of rotatable bonds is 3. The van der Waals surface area contributed by atoms with E-state index in [1.807, 2.05) is 23.1 Å². The Morgan fingerprint density at radius 3 is 2.67 bits per heavy atom. The third kappa shape index (κ3) is 2.27. The van der Waals surface area contributed by atoms with Crippen LogP contribution in [0.25, 0.3) is 11.0 Å². The highest BCUT2D eigenvalue weighted by Gasteiger charge is 2.30. The van der Waals surface area contributed by atoms with Gasteiger partial charge in [-0.15, -0.1) is 0 Å². The summed E-state index contributed by atoms with van der Waals surface area (Å²) in [4.78, 5) is 22.0. The van der Waals surface area contributed by atoms with Gasteiger partial charge >= 0.3 is 0 Å². The molecular formula is C16H19N3OS. The van der Waals surface area contributed by atoms with E-state index in [-0.39, 0.29) is 5.56 Å². The highest BCUT2D eigenvalue weighted by molar-refractivity contribution is 7.98. The number of hydrogen-bond acceptors (Lipinski definition) is 4. The molecule has 2 saturated carbocycles. The Hall–Kier alpha value is -1.36. The highest BCUT2D eigenvalue weighted by atomic mass is 32.2. The van der Waals surface area contributed by atoms with Crippen molar-refractivity contribution < 1.29 is 0 Å². The SMILES string of the molecule is CSc1ncc2cc(C3CC3)c(=O)n(C3CCCC3)c2n1. The molecule has 2 aliphatic carbocycles. The molecule has 2 aliphatic rings. The molecule has 2 fully saturated rings. The highest BCUT2D eigenvalue weighted by Crippen LogP contribution is 2.40. The third-order valence-corrected chi connectivity index (χ3v) is 5.23. The predicted molar refractivity (Wildman–Crippen MR) is 85.1 cm³/mol. The van der Waals surface area contributed by atoms with Gasteiger partial charge in [0.1, 0.15) is 5.65 Å². The Morgan fingerprint density at radius 2 is 2.00 bits per heavy atom. The maximum Gasteiger partial charge on any atom is 0.255 e. The van der Waals surface area contributed by atoms with Crippen LogP contribution in [0.15, 0.2) is 22.2 Å². The Balaban J connectivity index is 1.99. The summed E-state index contributed by atoms with van der Waals surface area (Å²) in [5.41, 5.74) is 2.01. The van der Waals surface area contributed by atoms with Crippen molar-refractivity contribution >= 4 is 22.8 Å². The first-order valence-electron chi connectivity index (χ1n) is 7.74. The van der Waals surface area contributed by atoms with E-state index in [4.69, 9.17) is 0 Å². The van der Waals surface area contributed by atoms with Gasteiger partial charge in [-0.3, -0.25) is 9.36 Å². The van der Waals surface area contributed by atoms with Crippen LogP contribution < -0.4 is 5.56 Å². The minimum absolute atomic E-state index is 0.197. The molecule has 0 aromatic carbocycles. The lowest BCUT2D eigenvalue weighted by molar-refractivity contribution is 0.511. The van der Waals surface area contributed by atoms with Crippen molar-refractivity contribution in [2.45, 2.75) is 55.6 Å². The van der Waals surface area contributed by atoms with Gasteiger partial charge in [-0.2, -0.15) is 0 Å². The van der Waals surface area contributed by atoms with E-state index in [9.17, 15) is 4.79 Å². The Kier molecular flexibility index (Phi) is 3.25. The molecule has 0 atom stereocenters. The molecular weight excluding hydrogens is 282 g/mol. The number of thioether (sulfide) groups is 1. The summed E-state index contributed by atoms with van der Waals surface area (Å²) in [6, 6.07) is 2.36. The van der Waals surface area contributed by atoms with Gasteiger partial charge < -0.3 is 0 Å². The van der Waals surface area contributed by atoms with E-state index >= 15 is 0 Å². The van der Waals surface area contributed by atoms with Crippen molar-refractivity contribution in [3.63, 3.8) is 0 Å². The fourth-order valence-corrected chi connectivity index (χ4v) is 3.75. The zero-order valence-electron chi connectivity index (χ0n) is 12.2. The second kappa shape index (κ2) is 5.13. The molecule has 0 bridgehead atoms. The zero-order chi connectivity index (χ0) is 14.4. The van der Waals surface area contributed by atoms with E-state index in [1.54, 1.807) is 0 Å². The number of nitrogens with zero attached hydrogens (tertiary/aromatic N) is 3. The van der Waals surface area contributed by atoms with Gasteiger partial charge in [0.2, 0.25) is 0 Å².